The molecule has 15 rings (SSSR count). The van der Waals surface area contributed by atoms with Crippen LogP contribution in [0.5, 0.6) is 0 Å². The van der Waals surface area contributed by atoms with Crippen LogP contribution in [0.1, 0.15) is 125 Å². The number of hydrogen-bond acceptors (Lipinski definition) is 22. The van der Waals surface area contributed by atoms with Crippen LogP contribution in [0, 0.1) is 42.9 Å². The molecule has 0 radical (unpaired) electrons. The molecule has 1 aromatic rings. The van der Waals surface area contributed by atoms with Gasteiger partial charge in [0.1, 0.15) is 0 Å². The van der Waals surface area contributed by atoms with Gasteiger partial charge in [-0.1, -0.05) is 27.7 Å². The maximum absolute atomic E-state index is 6.28. The molecule has 18 N–H and O–H groups in total. The van der Waals surface area contributed by atoms with Crippen molar-refractivity contribution in [3.05, 3.63) is 28.8 Å². The van der Waals surface area contributed by atoms with Crippen molar-refractivity contribution in [3.63, 3.8) is 0 Å². The molecule has 14 fully saturated rings. The van der Waals surface area contributed by atoms with Gasteiger partial charge >= 0.3 is 0 Å². The second-order valence-corrected chi connectivity index (χ2v) is 36.7. The van der Waals surface area contributed by atoms with Crippen LogP contribution in [0.15, 0.2) is 12.1 Å². The van der Waals surface area contributed by atoms with Crippen LogP contribution in [0.2, 0.25) is 0 Å². The summed E-state index contributed by atoms with van der Waals surface area (Å²) >= 11 is 0. The maximum atomic E-state index is 6.28. The number of aryl methyl sites for hydroxylation is 2. The second-order valence-electron chi connectivity index (χ2n) is 33.7. The van der Waals surface area contributed by atoms with Crippen LogP contribution in [-0.2, 0) is 6.54 Å². The van der Waals surface area contributed by atoms with Crippen molar-refractivity contribution in [2.75, 3.05) is 217 Å². The van der Waals surface area contributed by atoms with Gasteiger partial charge in [-0.3, -0.25) is 39.4 Å². The van der Waals surface area contributed by atoms with Crippen LogP contribution < -0.4 is 55.9 Å². The van der Waals surface area contributed by atoms with Gasteiger partial charge < -0.3 is 75.3 Å². The number of fused-ring (bicyclic) bond motifs is 6. The molecule has 8 bridgehead atoms. The Bertz CT molecular complexity index is 2100. The van der Waals surface area contributed by atoms with E-state index in [-0.39, 0.29) is 16.5 Å². The molecule has 14 heterocycles. The number of nitrogens with one attached hydrogen (secondary N) is 2. The fourth-order valence-electron chi connectivity index (χ4n) is 16.8. The molecule has 0 amide bonds. The predicted octanol–water partition coefficient (Wildman–Crippen LogP) is 3.08. The van der Waals surface area contributed by atoms with Gasteiger partial charge in [-0.25, -0.2) is 0 Å². The van der Waals surface area contributed by atoms with E-state index in [0.29, 0.717) is 42.4 Å². The molecule has 0 aromatic heterocycles. The van der Waals surface area contributed by atoms with E-state index in [1.165, 1.54) is 113 Å². The predicted molar refractivity (Wildman–Crippen MR) is 407 cm³/mol. The van der Waals surface area contributed by atoms with E-state index in [9.17, 15) is 0 Å². The van der Waals surface area contributed by atoms with Crippen LogP contribution in [-0.4, -0.2) is 324 Å². The van der Waals surface area contributed by atoms with Gasteiger partial charge in [0.25, 0.3) is 0 Å². The number of piperidine rings is 5. The van der Waals surface area contributed by atoms with Gasteiger partial charge in [-0.15, -0.1) is 0 Å². The van der Waals surface area contributed by atoms with Crippen LogP contribution in [0.25, 0.3) is 0 Å². The fraction of sp³-hybridized carbons (Fsp3) is 0.915. The molecule has 1 aromatic carbocycles. The molecular formula is C71H154N22S. The zero-order valence-electron chi connectivity index (χ0n) is 64.6. The van der Waals surface area contributed by atoms with Crippen molar-refractivity contribution in [2.45, 2.75) is 183 Å². The highest BCUT2D eigenvalue weighted by Gasteiger charge is 2.43. The van der Waals surface area contributed by atoms with Crippen molar-refractivity contribution < 1.29 is 0 Å². The zero-order valence-corrected chi connectivity index (χ0v) is 65.4. The molecule has 0 aliphatic carbocycles. The number of piperazine rings is 5. The van der Waals surface area contributed by atoms with Crippen LogP contribution in [0.3, 0.4) is 0 Å². The van der Waals surface area contributed by atoms with E-state index >= 15 is 0 Å². The standard InChI is InChI=1S/C11H18N2.C9H21N3.2C9H20N2.C7H14N2.C7H16N2.C7H18N2.C6H14N4S.C6H13N3/c1-8-5-10(12)6-9(2)11(8)7-13(3)4;1-8-6-11(3)7-9(2)12(8)5-4-10;1-8(2)5-7(10)6-9(3,4)11-8;1-7-5-11(3)6-8(2)9(7)4-10;8-7-5-9-3-1-6(7)2-4-9;1-6-4-8-5-7(2)9(6)3;1-7(2,5-8)6-9(3)4;7-11-4-8-1-9(5-11)3-10(2-8)6-11;7-6-5-8-1-3-9(6)4-2-8/h5-6H,7,12H2,1-4H3;8-9H,4-7,10H2,1-3H3;7,11H,5-6,10H2,1-4H3;7-9H,4-6,10H2,1-3H3;6-7H,1-5,8H2;6-8H,4-5H2,1-3H3;5-6,8H2,1-4H3;1-7H2;6H,1-5,7H2. The lowest BCUT2D eigenvalue weighted by Crippen LogP contribution is -2.67. The summed E-state index contributed by atoms with van der Waals surface area (Å²) in [7, 11) is 14.1. The molecule has 0 spiro atoms. The van der Waals surface area contributed by atoms with Gasteiger partial charge in [0.05, 0.1) is 26.2 Å². The third-order valence-electron chi connectivity index (χ3n) is 21.1. The van der Waals surface area contributed by atoms with Crippen LogP contribution >= 0.6 is 10.2 Å². The Morgan fingerprint density at radius 2 is 1.07 bits per heavy atom. The number of nitrogen functional groups attached to an aromatic ring is 1. The number of anilines is 1. The first kappa shape index (κ1) is 84.9. The Labute approximate surface area is 579 Å². The minimum Gasteiger partial charge on any atom is -0.399 e. The van der Waals surface area contributed by atoms with Crippen molar-refractivity contribution in [3.8, 4) is 0 Å². The summed E-state index contributed by atoms with van der Waals surface area (Å²) in [5, 5.41) is 13.2. The van der Waals surface area contributed by atoms with Gasteiger partial charge in [-0.2, -0.15) is 10.2 Å². The summed E-state index contributed by atoms with van der Waals surface area (Å²) in [6, 6.07) is 7.64. The third kappa shape index (κ3) is 29.6. The smallest absolute Gasteiger partial charge is 0.0703 e. The number of hydrogen-bond donors (Lipinski definition) is 10. The molecule has 94 heavy (non-hydrogen) atoms. The number of nitrogens with zero attached hydrogens (tertiary/aromatic N) is 12. The van der Waals surface area contributed by atoms with Crippen molar-refractivity contribution >= 4 is 15.9 Å². The SMILES string of the molecule is CC1(C)CC(N)CC(C)(C)N1.CC1CN(C)CC(C)C1CN.CC1CN(C)CC(C)N1CCN.CC1CNCC(C)N1C.CN(C)CC(C)(C)CN.Cc1cc(N)cc(C)c1CN(C)C.NC1CN2CCC1CC2.NC1CN2CCN1CC2.NS12CN3CN(CN(C3)C1)C2. The molecular weight excluding hydrogens is 1190 g/mol. The molecule has 0 saturated carbocycles. The largest absolute Gasteiger partial charge is 0.399 e. The van der Waals surface area contributed by atoms with E-state index < -0.39 is 10.2 Å². The van der Waals surface area contributed by atoms with Crippen molar-refractivity contribution in [1.82, 2.24) is 69.4 Å². The van der Waals surface area contributed by atoms with E-state index in [2.05, 4.69) is 216 Å². The average molecular weight is 1350 g/mol. The Balaban J connectivity index is 0.000000226. The van der Waals surface area contributed by atoms with Gasteiger partial charge in [0.2, 0.25) is 0 Å². The Kier molecular flexibility index (Phi) is 35.8. The minimum absolute atomic E-state index is 0.209. The Morgan fingerprint density at radius 3 is 1.37 bits per heavy atom. The third-order valence-corrected chi connectivity index (χ3v) is 23.8. The summed E-state index contributed by atoms with van der Waals surface area (Å²) in [6.45, 7) is 56.8. The molecule has 22 nitrogen and oxygen atoms in total. The first-order valence-corrected chi connectivity index (χ1v) is 38.7. The summed E-state index contributed by atoms with van der Waals surface area (Å²) < 4.78 is 0. The Morgan fingerprint density at radius 1 is 0.617 bits per heavy atom. The maximum Gasteiger partial charge on any atom is 0.0703 e. The lowest BCUT2D eigenvalue weighted by molar-refractivity contribution is -0.0235. The van der Waals surface area contributed by atoms with E-state index in [1.54, 1.807) is 0 Å². The first-order chi connectivity index (χ1) is 43.8. The van der Waals surface area contributed by atoms with Gasteiger partial charge in [0.15, 0.2) is 0 Å². The average Bonchev–Trinajstić information content (AvgIpc) is 0.764. The molecule has 554 valence electrons. The molecule has 8 atom stereocenters. The van der Waals surface area contributed by atoms with Crippen LogP contribution in [0.4, 0.5) is 5.69 Å². The summed E-state index contributed by atoms with van der Waals surface area (Å²) in [5.74, 6) is 6.68. The fourth-order valence-corrected chi connectivity index (χ4v) is 19.7. The molecule has 8 unspecified atom stereocenters. The number of nitrogens with two attached hydrogens (primary N) is 8. The second kappa shape index (κ2) is 39.7. The molecule has 14 aliphatic heterocycles. The molecule has 14 saturated heterocycles. The highest BCUT2D eigenvalue weighted by atomic mass is 32.3. The topological polar surface area (TPSA) is 271 Å². The quantitative estimate of drug-likeness (QED) is 0.168. The number of likely N-dealkylation sites (N-methyl/N-ethyl adjacent to an activating group) is 2. The Hall–Kier alpha value is -1.47. The van der Waals surface area contributed by atoms with Crippen molar-refractivity contribution in [1.29, 1.82) is 0 Å². The zero-order chi connectivity index (χ0) is 70.6. The molecule has 14 aliphatic rings. The summed E-state index contributed by atoms with van der Waals surface area (Å²) in [6.07, 6.45) is 5.18. The van der Waals surface area contributed by atoms with Gasteiger partial charge in [0, 0.05) is 175 Å². The number of rotatable bonds is 8. The van der Waals surface area contributed by atoms with Crippen molar-refractivity contribution in [2.24, 2.45) is 68.6 Å². The van der Waals surface area contributed by atoms with E-state index in [4.69, 9.17) is 45.3 Å². The van der Waals surface area contributed by atoms with E-state index in [0.717, 1.165) is 128 Å². The van der Waals surface area contributed by atoms with Gasteiger partial charge in [-0.05, 0) is 228 Å². The highest BCUT2D eigenvalue weighted by molar-refractivity contribution is 8.31. The highest BCUT2D eigenvalue weighted by Crippen LogP contribution is 2.50. The summed E-state index contributed by atoms with van der Waals surface area (Å²) in [5.41, 5.74) is 45.7. The summed E-state index contributed by atoms with van der Waals surface area (Å²) in [4.78, 5) is 28.7. The lowest BCUT2D eigenvalue weighted by Gasteiger charge is -2.61. The first-order valence-electron chi connectivity index (χ1n) is 36.5. The lowest BCUT2D eigenvalue weighted by atomic mass is 9.80. The normalized spacial score (nSPS) is 36.4. The number of likely N-dealkylation sites (tertiary alicyclic amines) is 1. The number of benzene rings is 1. The van der Waals surface area contributed by atoms with E-state index in [1.807, 2.05) is 12.1 Å². The monoisotopic (exact) mass is 1350 g/mol. The molecule has 23 heteroatoms. The minimum atomic E-state index is -0.762.